The van der Waals surface area contributed by atoms with E-state index in [1.165, 1.54) is 0 Å². The number of nitrogens with zero attached hydrogens (tertiary/aromatic N) is 2. The van der Waals surface area contributed by atoms with Crippen molar-refractivity contribution in [2.24, 2.45) is 0 Å². The maximum absolute atomic E-state index is 5.88. The molecule has 5 heteroatoms. The number of nitrogen functional groups attached to an aromatic ring is 1. The zero-order valence-corrected chi connectivity index (χ0v) is 11.4. The summed E-state index contributed by atoms with van der Waals surface area (Å²) < 4.78 is 5.55. The van der Waals surface area contributed by atoms with Crippen molar-refractivity contribution in [2.45, 2.75) is 25.5 Å². The van der Waals surface area contributed by atoms with Crippen LogP contribution in [0.15, 0.2) is 36.4 Å². The largest absolute Gasteiger partial charge is 0.384 e. The molecule has 1 saturated heterocycles. The Kier molecular flexibility index (Phi) is 3.52. The summed E-state index contributed by atoms with van der Waals surface area (Å²) in [5.74, 6) is 1.85. The highest BCUT2D eigenvalue weighted by molar-refractivity contribution is 5.60. The average molecular weight is 270 g/mol. The molecule has 1 fully saturated rings. The minimum absolute atomic E-state index is 0.186. The first-order valence-corrected chi connectivity index (χ1v) is 6.80. The monoisotopic (exact) mass is 270 g/mol. The number of rotatable bonds is 3. The van der Waals surface area contributed by atoms with Crippen LogP contribution in [0.2, 0.25) is 0 Å². The Labute approximate surface area is 118 Å². The molecule has 1 aromatic heterocycles. The SMILES string of the molecule is CC1OCCC1Nc1cc(N)nc(-c2ccccc2)n1. The summed E-state index contributed by atoms with van der Waals surface area (Å²) in [5, 5.41) is 3.39. The Balaban J connectivity index is 1.87. The Morgan fingerprint density at radius 1 is 1.25 bits per heavy atom. The van der Waals surface area contributed by atoms with Crippen LogP contribution in [0.5, 0.6) is 0 Å². The molecule has 0 radical (unpaired) electrons. The van der Waals surface area contributed by atoms with Crippen LogP contribution in [0, 0.1) is 0 Å². The molecule has 3 N–H and O–H groups in total. The molecule has 20 heavy (non-hydrogen) atoms. The third kappa shape index (κ3) is 2.72. The van der Waals surface area contributed by atoms with Crippen LogP contribution < -0.4 is 11.1 Å². The summed E-state index contributed by atoms with van der Waals surface area (Å²) in [6.07, 6.45) is 1.16. The molecule has 0 amide bonds. The highest BCUT2D eigenvalue weighted by Gasteiger charge is 2.24. The number of hydrogen-bond donors (Lipinski definition) is 2. The maximum atomic E-state index is 5.88. The lowest BCUT2D eigenvalue weighted by Crippen LogP contribution is -2.27. The molecule has 0 spiro atoms. The maximum Gasteiger partial charge on any atom is 0.163 e. The van der Waals surface area contributed by atoms with E-state index in [4.69, 9.17) is 10.5 Å². The lowest BCUT2D eigenvalue weighted by atomic mass is 10.1. The van der Waals surface area contributed by atoms with E-state index in [0.717, 1.165) is 24.4 Å². The van der Waals surface area contributed by atoms with Gasteiger partial charge in [0.25, 0.3) is 0 Å². The number of hydrogen-bond acceptors (Lipinski definition) is 5. The van der Waals surface area contributed by atoms with Gasteiger partial charge in [0.1, 0.15) is 11.6 Å². The molecule has 2 unspecified atom stereocenters. The van der Waals surface area contributed by atoms with E-state index < -0.39 is 0 Å². The van der Waals surface area contributed by atoms with Gasteiger partial charge in [-0.3, -0.25) is 0 Å². The van der Waals surface area contributed by atoms with Crippen molar-refractivity contribution in [2.75, 3.05) is 17.7 Å². The number of nitrogens with two attached hydrogens (primary N) is 1. The van der Waals surface area contributed by atoms with Crippen molar-refractivity contribution >= 4 is 11.6 Å². The zero-order chi connectivity index (χ0) is 13.9. The predicted octanol–water partition coefficient (Wildman–Crippen LogP) is 2.32. The van der Waals surface area contributed by atoms with Crippen molar-refractivity contribution in [3.8, 4) is 11.4 Å². The van der Waals surface area contributed by atoms with Gasteiger partial charge in [0.05, 0.1) is 12.1 Å². The van der Waals surface area contributed by atoms with Crippen LogP contribution in [-0.4, -0.2) is 28.7 Å². The van der Waals surface area contributed by atoms with Gasteiger partial charge in [-0.2, -0.15) is 0 Å². The molecule has 1 aliphatic heterocycles. The van der Waals surface area contributed by atoms with Crippen molar-refractivity contribution in [3.05, 3.63) is 36.4 Å². The first-order valence-electron chi connectivity index (χ1n) is 6.80. The van der Waals surface area contributed by atoms with Crippen LogP contribution in [0.3, 0.4) is 0 Å². The number of benzene rings is 1. The van der Waals surface area contributed by atoms with Crippen molar-refractivity contribution < 1.29 is 4.74 Å². The fourth-order valence-corrected chi connectivity index (χ4v) is 2.37. The van der Waals surface area contributed by atoms with Gasteiger partial charge in [0, 0.05) is 18.2 Å². The molecule has 1 aliphatic rings. The summed E-state index contributed by atoms with van der Waals surface area (Å²) in [6.45, 7) is 2.85. The molecule has 0 saturated carbocycles. The molecular weight excluding hydrogens is 252 g/mol. The third-order valence-corrected chi connectivity index (χ3v) is 3.49. The van der Waals surface area contributed by atoms with Crippen molar-refractivity contribution in [1.29, 1.82) is 0 Å². The van der Waals surface area contributed by atoms with E-state index in [2.05, 4.69) is 22.2 Å². The van der Waals surface area contributed by atoms with Gasteiger partial charge < -0.3 is 15.8 Å². The van der Waals surface area contributed by atoms with Gasteiger partial charge in [0.15, 0.2) is 5.82 Å². The number of aromatic nitrogens is 2. The Hall–Kier alpha value is -2.14. The van der Waals surface area contributed by atoms with Gasteiger partial charge in [-0.15, -0.1) is 0 Å². The minimum atomic E-state index is 0.186. The second-order valence-electron chi connectivity index (χ2n) is 4.98. The number of anilines is 2. The molecule has 2 heterocycles. The first-order chi connectivity index (χ1) is 9.72. The summed E-state index contributed by atoms with van der Waals surface area (Å²) in [5.41, 5.74) is 6.84. The van der Waals surface area contributed by atoms with E-state index in [-0.39, 0.29) is 12.1 Å². The summed E-state index contributed by atoms with van der Waals surface area (Å²) in [4.78, 5) is 8.84. The average Bonchev–Trinajstić information content (AvgIpc) is 2.85. The normalized spacial score (nSPS) is 21.9. The molecule has 104 valence electrons. The van der Waals surface area contributed by atoms with E-state index in [0.29, 0.717) is 11.6 Å². The highest BCUT2D eigenvalue weighted by atomic mass is 16.5. The van der Waals surface area contributed by atoms with Gasteiger partial charge >= 0.3 is 0 Å². The van der Waals surface area contributed by atoms with Crippen LogP contribution in [0.25, 0.3) is 11.4 Å². The van der Waals surface area contributed by atoms with Gasteiger partial charge in [-0.05, 0) is 13.3 Å². The zero-order valence-electron chi connectivity index (χ0n) is 11.4. The number of ether oxygens (including phenoxy) is 1. The second-order valence-corrected chi connectivity index (χ2v) is 4.98. The standard InChI is InChI=1S/C15H18N4O/c1-10-12(7-8-20-10)17-14-9-13(16)18-15(19-14)11-5-3-2-4-6-11/h2-6,9-10,12H,7-8H2,1H3,(H3,16,17,18,19). The fourth-order valence-electron chi connectivity index (χ4n) is 2.37. The summed E-state index contributed by atoms with van der Waals surface area (Å²) in [7, 11) is 0. The van der Waals surface area contributed by atoms with E-state index in [1.807, 2.05) is 30.3 Å². The third-order valence-electron chi connectivity index (χ3n) is 3.49. The van der Waals surface area contributed by atoms with Crippen LogP contribution in [-0.2, 0) is 4.74 Å². The lowest BCUT2D eigenvalue weighted by Gasteiger charge is -2.17. The summed E-state index contributed by atoms with van der Waals surface area (Å²) in [6, 6.07) is 11.9. The van der Waals surface area contributed by atoms with Crippen molar-refractivity contribution in [1.82, 2.24) is 9.97 Å². The molecule has 0 bridgehead atoms. The minimum Gasteiger partial charge on any atom is -0.384 e. The lowest BCUT2D eigenvalue weighted by molar-refractivity contribution is 0.121. The van der Waals surface area contributed by atoms with Gasteiger partial charge in [-0.25, -0.2) is 9.97 Å². The Morgan fingerprint density at radius 3 is 2.75 bits per heavy atom. The molecular formula is C15H18N4O. The second kappa shape index (κ2) is 5.46. The van der Waals surface area contributed by atoms with Crippen LogP contribution in [0.1, 0.15) is 13.3 Å². The highest BCUT2D eigenvalue weighted by Crippen LogP contribution is 2.22. The number of nitrogens with one attached hydrogen (secondary N) is 1. The summed E-state index contributed by atoms with van der Waals surface area (Å²) >= 11 is 0. The molecule has 1 aromatic carbocycles. The van der Waals surface area contributed by atoms with E-state index >= 15 is 0 Å². The molecule has 2 atom stereocenters. The smallest absolute Gasteiger partial charge is 0.163 e. The first kappa shape index (κ1) is 12.9. The van der Waals surface area contributed by atoms with Crippen molar-refractivity contribution in [3.63, 3.8) is 0 Å². The van der Waals surface area contributed by atoms with Crippen LogP contribution >= 0.6 is 0 Å². The van der Waals surface area contributed by atoms with E-state index in [1.54, 1.807) is 6.07 Å². The van der Waals surface area contributed by atoms with Gasteiger partial charge in [0.2, 0.25) is 0 Å². The van der Waals surface area contributed by atoms with Gasteiger partial charge in [-0.1, -0.05) is 30.3 Å². The quantitative estimate of drug-likeness (QED) is 0.895. The molecule has 3 rings (SSSR count). The molecule has 2 aromatic rings. The Bertz CT molecular complexity index is 588. The fraction of sp³-hybridized carbons (Fsp3) is 0.333. The van der Waals surface area contributed by atoms with E-state index in [9.17, 15) is 0 Å². The predicted molar refractivity (Wildman–Crippen MR) is 79.3 cm³/mol. The molecule has 5 nitrogen and oxygen atoms in total. The molecule has 0 aliphatic carbocycles. The Morgan fingerprint density at radius 2 is 2.05 bits per heavy atom. The van der Waals surface area contributed by atoms with Crippen LogP contribution in [0.4, 0.5) is 11.6 Å². The topological polar surface area (TPSA) is 73.1 Å².